The van der Waals surface area contributed by atoms with Crippen molar-refractivity contribution in [2.75, 3.05) is 19.6 Å². The first-order valence-corrected chi connectivity index (χ1v) is 7.51. The highest BCUT2D eigenvalue weighted by atomic mass is 32.2. The van der Waals surface area contributed by atoms with Crippen LogP contribution in [0.15, 0.2) is 30.3 Å². The Kier molecular flexibility index (Phi) is 4.34. The predicted molar refractivity (Wildman–Crippen MR) is 69.1 cm³/mol. The molecule has 2 rings (SSSR count). The molecule has 1 saturated heterocycles. The molecule has 0 aliphatic carbocycles. The molecule has 18 heavy (non-hydrogen) atoms. The van der Waals surface area contributed by atoms with Crippen molar-refractivity contribution in [3.8, 4) is 0 Å². The van der Waals surface area contributed by atoms with Gasteiger partial charge < -0.3 is 5.11 Å². The molecule has 0 saturated carbocycles. The fourth-order valence-corrected chi connectivity index (χ4v) is 3.29. The fourth-order valence-electron chi connectivity index (χ4n) is 2.00. The summed E-state index contributed by atoms with van der Waals surface area (Å²) >= 11 is 0. The van der Waals surface area contributed by atoms with E-state index >= 15 is 0 Å². The Morgan fingerprint density at radius 3 is 2.44 bits per heavy atom. The second kappa shape index (κ2) is 5.79. The lowest BCUT2D eigenvalue weighted by Gasteiger charge is -2.18. The van der Waals surface area contributed by atoms with Crippen molar-refractivity contribution < 1.29 is 13.5 Å². The molecular weight excluding hydrogens is 252 g/mol. The molecular formula is C12H18N2O3S. The van der Waals surface area contributed by atoms with E-state index in [1.54, 1.807) is 12.1 Å². The van der Waals surface area contributed by atoms with E-state index in [2.05, 4.69) is 4.72 Å². The molecule has 100 valence electrons. The highest BCUT2D eigenvalue weighted by Crippen LogP contribution is 2.14. The second-order valence-electron chi connectivity index (χ2n) is 4.39. The van der Waals surface area contributed by atoms with Crippen LogP contribution < -0.4 is 4.72 Å². The first kappa shape index (κ1) is 13.5. The number of aliphatic hydroxyl groups is 1. The number of aliphatic hydroxyl groups excluding tert-OH is 1. The van der Waals surface area contributed by atoms with E-state index in [0.29, 0.717) is 18.7 Å². The van der Waals surface area contributed by atoms with Crippen LogP contribution in [0.2, 0.25) is 0 Å². The monoisotopic (exact) mass is 270 g/mol. The molecule has 1 heterocycles. The van der Waals surface area contributed by atoms with Crippen molar-refractivity contribution in [3.63, 3.8) is 0 Å². The minimum atomic E-state index is -3.44. The molecule has 1 aromatic carbocycles. The third-order valence-electron chi connectivity index (χ3n) is 3.05. The molecule has 1 aromatic rings. The van der Waals surface area contributed by atoms with Gasteiger partial charge in [-0.1, -0.05) is 30.3 Å². The van der Waals surface area contributed by atoms with Crippen molar-refractivity contribution >= 4 is 10.2 Å². The Balaban J connectivity index is 1.91. The van der Waals surface area contributed by atoms with E-state index in [0.717, 1.165) is 12.8 Å². The zero-order valence-electron chi connectivity index (χ0n) is 10.1. The lowest BCUT2D eigenvalue weighted by atomic mass is 10.1. The van der Waals surface area contributed by atoms with Crippen molar-refractivity contribution in [3.05, 3.63) is 35.9 Å². The predicted octanol–water partition coefficient (Wildman–Crippen LogP) is 0.650. The average molecular weight is 270 g/mol. The summed E-state index contributed by atoms with van der Waals surface area (Å²) in [7, 11) is -3.44. The molecule has 1 unspecified atom stereocenters. The summed E-state index contributed by atoms with van der Waals surface area (Å²) in [6, 6.07) is 9.02. The number of hydrogen-bond donors (Lipinski definition) is 2. The lowest BCUT2D eigenvalue weighted by molar-refractivity contribution is 0.181. The molecule has 1 atom stereocenters. The van der Waals surface area contributed by atoms with Gasteiger partial charge in [-0.25, -0.2) is 0 Å². The van der Waals surface area contributed by atoms with Gasteiger partial charge in [-0.2, -0.15) is 17.4 Å². The van der Waals surface area contributed by atoms with E-state index in [1.165, 1.54) is 4.31 Å². The number of hydrogen-bond acceptors (Lipinski definition) is 3. The van der Waals surface area contributed by atoms with E-state index in [9.17, 15) is 13.5 Å². The van der Waals surface area contributed by atoms with Crippen molar-refractivity contribution in [2.45, 2.75) is 18.9 Å². The SMILES string of the molecule is O=S(=O)(NCC(O)c1ccccc1)N1CCCC1. The first-order valence-electron chi connectivity index (χ1n) is 6.07. The van der Waals surface area contributed by atoms with Crippen LogP contribution in [0.5, 0.6) is 0 Å². The van der Waals surface area contributed by atoms with Crippen molar-refractivity contribution in [1.29, 1.82) is 0 Å². The van der Waals surface area contributed by atoms with Gasteiger partial charge in [0, 0.05) is 19.6 Å². The van der Waals surface area contributed by atoms with Crippen molar-refractivity contribution in [2.24, 2.45) is 0 Å². The van der Waals surface area contributed by atoms with Crippen LogP contribution in [-0.2, 0) is 10.2 Å². The number of rotatable bonds is 5. The molecule has 6 heteroatoms. The van der Waals surface area contributed by atoms with Gasteiger partial charge in [0.25, 0.3) is 10.2 Å². The van der Waals surface area contributed by atoms with E-state index in [1.807, 2.05) is 18.2 Å². The largest absolute Gasteiger partial charge is 0.387 e. The summed E-state index contributed by atoms with van der Waals surface area (Å²) in [6.07, 6.45) is 0.994. The Bertz CT molecular complexity index is 469. The van der Waals surface area contributed by atoms with Gasteiger partial charge in [0.2, 0.25) is 0 Å². The van der Waals surface area contributed by atoms with Gasteiger partial charge in [0.1, 0.15) is 0 Å². The molecule has 1 aliphatic rings. The normalized spacial score (nSPS) is 18.9. The minimum Gasteiger partial charge on any atom is -0.387 e. The smallest absolute Gasteiger partial charge is 0.279 e. The molecule has 0 aromatic heterocycles. The molecule has 0 amide bonds. The maximum Gasteiger partial charge on any atom is 0.279 e. The fraction of sp³-hybridized carbons (Fsp3) is 0.500. The topological polar surface area (TPSA) is 69.6 Å². The van der Waals surface area contributed by atoms with Gasteiger partial charge in [-0.15, -0.1) is 0 Å². The Hall–Kier alpha value is -0.950. The Morgan fingerprint density at radius 1 is 1.22 bits per heavy atom. The molecule has 2 N–H and O–H groups in total. The maximum atomic E-state index is 11.9. The van der Waals surface area contributed by atoms with Gasteiger partial charge in [-0.3, -0.25) is 0 Å². The molecule has 0 radical (unpaired) electrons. The second-order valence-corrected chi connectivity index (χ2v) is 6.14. The summed E-state index contributed by atoms with van der Waals surface area (Å²) in [4.78, 5) is 0. The standard InChI is InChI=1S/C12H18N2O3S/c15-12(11-6-2-1-3-7-11)10-13-18(16,17)14-8-4-5-9-14/h1-3,6-7,12-13,15H,4-5,8-10H2. The number of benzene rings is 1. The minimum absolute atomic E-state index is 0.00282. The van der Waals surface area contributed by atoms with E-state index in [-0.39, 0.29) is 6.54 Å². The molecule has 1 aliphatic heterocycles. The molecule has 5 nitrogen and oxygen atoms in total. The molecule has 0 bridgehead atoms. The maximum absolute atomic E-state index is 11.9. The highest BCUT2D eigenvalue weighted by Gasteiger charge is 2.25. The van der Waals surface area contributed by atoms with Crippen LogP contribution in [0.25, 0.3) is 0 Å². The Morgan fingerprint density at radius 2 is 1.83 bits per heavy atom. The zero-order valence-corrected chi connectivity index (χ0v) is 10.9. The van der Waals surface area contributed by atoms with E-state index < -0.39 is 16.3 Å². The van der Waals surface area contributed by atoms with Gasteiger partial charge >= 0.3 is 0 Å². The number of nitrogens with zero attached hydrogens (tertiary/aromatic N) is 1. The first-order chi connectivity index (χ1) is 8.59. The molecule has 0 spiro atoms. The Labute approximate surface area is 108 Å². The molecule has 1 fully saturated rings. The summed E-state index contributed by atoms with van der Waals surface area (Å²) in [5, 5.41) is 9.88. The van der Waals surface area contributed by atoms with Crippen LogP contribution >= 0.6 is 0 Å². The van der Waals surface area contributed by atoms with Crippen LogP contribution in [-0.4, -0.2) is 37.5 Å². The quantitative estimate of drug-likeness (QED) is 0.825. The summed E-state index contributed by atoms with van der Waals surface area (Å²) in [6.45, 7) is 1.14. The van der Waals surface area contributed by atoms with Gasteiger partial charge in [0.15, 0.2) is 0 Å². The lowest BCUT2D eigenvalue weighted by Crippen LogP contribution is -2.40. The summed E-state index contributed by atoms with van der Waals surface area (Å²) < 4.78 is 27.6. The van der Waals surface area contributed by atoms with Crippen LogP contribution in [0.4, 0.5) is 0 Å². The van der Waals surface area contributed by atoms with Gasteiger partial charge in [0.05, 0.1) is 6.10 Å². The summed E-state index contributed by atoms with van der Waals surface area (Å²) in [5.74, 6) is 0. The average Bonchev–Trinajstić information content (AvgIpc) is 2.92. The summed E-state index contributed by atoms with van der Waals surface area (Å²) in [5.41, 5.74) is 0.710. The van der Waals surface area contributed by atoms with Crippen LogP contribution in [0.3, 0.4) is 0 Å². The van der Waals surface area contributed by atoms with Gasteiger partial charge in [-0.05, 0) is 18.4 Å². The van der Waals surface area contributed by atoms with Crippen LogP contribution in [0, 0.1) is 0 Å². The third kappa shape index (κ3) is 3.29. The third-order valence-corrected chi connectivity index (χ3v) is 4.62. The highest BCUT2D eigenvalue weighted by molar-refractivity contribution is 7.87. The zero-order chi connectivity index (χ0) is 13.0. The number of nitrogens with one attached hydrogen (secondary N) is 1. The van der Waals surface area contributed by atoms with Crippen molar-refractivity contribution in [1.82, 2.24) is 9.03 Å². The van der Waals surface area contributed by atoms with Crippen LogP contribution in [0.1, 0.15) is 24.5 Å². The van der Waals surface area contributed by atoms with E-state index in [4.69, 9.17) is 0 Å².